The molecule has 1 amide bonds. The number of carbonyl (C=O) groups excluding carboxylic acids is 1. The van der Waals surface area contributed by atoms with Crippen molar-refractivity contribution in [1.29, 1.82) is 0 Å². The minimum atomic E-state index is -0.101. The summed E-state index contributed by atoms with van der Waals surface area (Å²) < 4.78 is 0. The van der Waals surface area contributed by atoms with E-state index in [9.17, 15) is 4.79 Å². The number of nitrogens with one attached hydrogen (secondary N) is 1. The van der Waals surface area contributed by atoms with Crippen LogP contribution in [0.15, 0.2) is 30.0 Å². The molecule has 2 heterocycles. The molecule has 94 valence electrons. The Bertz CT molecular complexity index is 525. The maximum absolute atomic E-state index is 11.8. The third-order valence-electron chi connectivity index (χ3n) is 2.34. The zero-order chi connectivity index (χ0) is 13.0. The molecule has 0 fully saturated rings. The van der Waals surface area contributed by atoms with Crippen LogP contribution >= 0.6 is 11.3 Å². The highest BCUT2D eigenvalue weighted by Crippen LogP contribution is 2.12. The summed E-state index contributed by atoms with van der Waals surface area (Å²) in [6.07, 6.45) is 3.45. The van der Waals surface area contributed by atoms with E-state index in [-0.39, 0.29) is 5.91 Å². The van der Waals surface area contributed by atoms with Gasteiger partial charge in [0.2, 0.25) is 0 Å². The topological polar surface area (TPSA) is 58.1 Å². The third kappa shape index (κ3) is 3.04. The number of pyridine rings is 1. The number of amides is 1. The van der Waals surface area contributed by atoms with E-state index >= 15 is 0 Å². The molecule has 0 atom stereocenters. The monoisotopic (exact) mass is 262 g/mol. The molecule has 0 bridgehead atoms. The van der Waals surface area contributed by atoms with Crippen molar-refractivity contribution in [3.63, 3.8) is 0 Å². The molecule has 0 spiro atoms. The Kier molecular flexibility index (Phi) is 3.88. The van der Waals surface area contributed by atoms with Gasteiger partial charge in [0.25, 0.3) is 5.91 Å². The molecular weight excluding hydrogens is 248 g/mol. The first-order valence-corrected chi connectivity index (χ1v) is 6.33. The van der Waals surface area contributed by atoms with E-state index in [1.54, 1.807) is 43.2 Å². The summed E-state index contributed by atoms with van der Waals surface area (Å²) in [7, 11) is 3.42. The Morgan fingerprint density at radius 1 is 1.50 bits per heavy atom. The first kappa shape index (κ1) is 12.5. The van der Waals surface area contributed by atoms with Gasteiger partial charge in [0.1, 0.15) is 5.69 Å². The maximum atomic E-state index is 11.8. The molecule has 1 N–H and O–H groups in total. The van der Waals surface area contributed by atoms with Crippen molar-refractivity contribution in [2.45, 2.75) is 6.54 Å². The van der Waals surface area contributed by atoms with Crippen LogP contribution in [0.25, 0.3) is 0 Å². The number of hydrogen-bond donors (Lipinski definition) is 1. The molecule has 6 heteroatoms. The van der Waals surface area contributed by atoms with Crippen LogP contribution in [0.2, 0.25) is 0 Å². The van der Waals surface area contributed by atoms with Crippen LogP contribution in [0.3, 0.4) is 0 Å². The molecule has 2 aromatic heterocycles. The Labute approximate surface area is 109 Å². The van der Waals surface area contributed by atoms with Crippen molar-refractivity contribution in [3.8, 4) is 0 Å². The number of anilines is 1. The zero-order valence-corrected chi connectivity index (χ0v) is 11.1. The summed E-state index contributed by atoms with van der Waals surface area (Å²) in [5.41, 5.74) is 3.11. The normalized spacial score (nSPS) is 10.1. The van der Waals surface area contributed by atoms with Gasteiger partial charge in [0.15, 0.2) is 0 Å². The minimum Gasteiger partial charge on any atom is -0.380 e. The summed E-state index contributed by atoms with van der Waals surface area (Å²) in [5.74, 6) is -0.101. The fourth-order valence-electron chi connectivity index (χ4n) is 1.41. The number of carbonyl (C=O) groups is 1. The van der Waals surface area contributed by atoms with E-state index in [0.29, 0.717) is 12.2 Å². The lowest BCUT2D eigenvalue weighted by molar-refractivity contribution is 0.0822. The average Bonchev–Trinajstić information content (AvgIpc) is 2.89. The van der Waals surface area contributed by atoms with Gasteiger partial charge < -0.3 is 10.2 Å². The van der Waals surface area contributed by atoms with Gasteiger partial charge >= 0.3 is 0 Å². The van der Waals surface area contributed by atoms with Crippen LogP contribution in [0.5, 0.6) is 0 Å². The van der Waals surface area contributed by atoms with Crippen LogP contribution in [-0.4, -0.2) is 34.9 Å². The highest BCUT2D eigenvalue weighted by atomic mass is 32.1. The third-order valence-corrected chi connectivity index (χ3v) is 3.12. The van der Waals surface area contributed by atoms with Crippen molar-refractivity contribution < 1.29 is 4.79 Å². The zero-order valence-electron chi connectivity index (χ0n) is 10.3. The summed E-state index contributed by atoms with van der Waals surface area (Å²) in [6, 6.07) is 3.59. The molecule has 2 aromatic rings. The molecule has 2 rings (SSSR count). The molecule has 0 aromatic carbocycles. The Morgan fingerprint density at radius 3 is 3.00 bits per heavy atom. The molecule has 0 aliphatic carbocycles. The predicted octanol–water partition coefficient (Wildman–Crippen LogP) is 1.85. The van der Waals surface area contributed by atoms with Gasteiger partial charge in [0, 0.05) is 37.1 Å². The fraction of sp³-hybridized carbons (Fsp3) is 0.250. The molecule has 0 aliphatic rings. The van der Waals surface area contributed by atoms with Gasteiger partial charge in [-0.1, -0.05) is 0 Å². The summed E-state index contributed by atoms with van der Waals surface area (Å²) in [4.78, 5) is 22.5. The van der Waals surface area contributed by atoms with E-state index in [1.165, 1.54) is 4.90 Å². The molecule has 18 heavy (non-hydrogen) atoms. The minimum absolute atomic E-state index is 0.101. The molecule has 0 saturated carbocycles. The van der Waals surface area contributed by atoms with Crippen molar-refractivity contribution >= 4 is 22.9 Å². The molecule has 5 nitrogen and oxygen atoms in total. The number of aromatic nitrogens is 2. The molecule has 0 unspecified atom stereocenters. The van der Waals surface area contributed by atoms with Crippen LogP contribution < -0.4 is 5.32 Å². The second-order valence-corrected chi connectivity index (χ2v) is 4.92. The van der Waals surface area contributed by atoms with Crippen LogP contribution in [0.1, 0.15) is 15.4 Å². The lowest BCUT2D eigenvalue weighted by Crippen LogP contribution is -2.22. The summed E-state index contributed by atoms with van der Waals surface area (Å²) in [6.45, 7) is 0.699. The second-order valence-electron chi connectivity index (χ2n) is 3.95. The quantitative estimate of drug-likeness (QED) is 0.913. The first-order chi connectivity index (χ1) is 8.66. The summed E-state index contributed by atoms with van der Waals surface area (Å²) in [5, 5.41) is 3.24. The largest absolute Gasteiger partial charge is 0.380 e. The average molecular weight is 262 g/mol. The molecule has 0 radical (unpaired) electrons. The van der Waals surface area contributed by atoms with E-state index in [4.69, 9.17) is 0 Å². The number of rotatable bonds is 4. The first-order valence-electron chi connectivity index (χ1n) is 5.46. The van der Waals surface area contributed by atoms with E-state index in [0.717, 1.165) is 10.6 Å². The van der Waals surface area contributed by atoms with E-state index in [2.05, 4.69) is 15.3 Å². The van der Waals surface area contributed by atoms with Gasteiger partial charge in [-0.15, -0.1) is 11.3 Å². The van der Waals surface area contributed by atoms with Crippen molar-refractivity contribution in [1.82, 2.24) is 14.9 Å². The molecular formula is C12H14N4OS. The van der Waals surface area contributed by atoms with Gasteiger partial charge in [-0.2, -0.15) is 0 Å². The Balaban J connectivity index is 2.05. The fourth-order valence-corrected chi connectivity index (χ4v) is 1.94. The van der Waals surface area contributed by atoms with Gasteiger partial charge in [-0.05, 0) is 12.1 Å². The molecule has 0 saturated heterocycles. The van der Waals surface area contributed by atoms with Gasteiger partial charge in [-0.3, -0.25) is 14.8 Å². The second kappa shape index (κ2) is 5.59. The van der Waals surface area contributed by atoms with Crippen molar-refractivity contribution in [2.24, 2.45) is 0 Å². The number of nitrogens with zero attached hydrogens (tertiary/aromatic N) is 3. The van der Waals surface area contributed by atoms with Gasteiger partial charge in [-0.25, -0.2) is 0 Å². The lowest BCUT2D eigenvalue weighted by atomic mass is 10.3. The van der Waals surface area contributed by atoms with Crippen LogP contribution in [-0.2, 0) is 6.54 Å². The van der Waals surface area contributed by atoms with Crippen molar-refractivity contribution in [3.05, 3.63) is 40.6 Å². The van der Waals surface area contributed by atoms with Crippen molar-refractivity contribution in [2.75, 3.05) is 19.4 Å². The summed E-state index contributed by atoms with van der Waals surface area (Å²) >= 11 is 1.59. The highest BCUT2D eigenvalue weighted by Gasteiger charge is 2.09. The predicted molar refractivity (Wildman–Crippen MR) is 71.7 cm³/mol. The smallest absolute Gasteiger partial charge is 0.272 e. The lowest BCUT2D eigenvalue weighted by Gasteiger charge is -2.10. The van der Waals surface area contributed by atoms with Crippen LogP contribution in [0, 0.1) is 0 Å². The number of hydrogen-bond acceptors (Lipinski definition) is 5. The Hall–Kier alpha value is -1.95. The standard InChI is InChI=1S/C12H14N4OS/c1-16(2)12(17)11-5-9(3-4-14-11)15-7-10-6-13-8-18-10/h3-6,8H,7H2,1-2H3,(H,14,15). The molecule has 0 aliphatic heterocycles. The van der Waals surface area contributed by atoms with E-state index in [1.807, 2.05) is 12.3 Å². The van der Waals surface area contributed by atoms with E-state index < -0.39 is 0 Å². The maximum Gasteiger partial charge on any atom is 0.272 e. The highest BCUT2D eigenvalue weighted by molar-refractivity contribution is 7.09. The Morgan fingerprint density at radius 2 is 2.33 bits per heavy atom. The SMILES string of the molecule is CN(C)C(=O)c1cc(NCc2cncs2)ccn1. The van der Waals surface area contributed by atoms with Crippen LogP contribution in [0.4, 0.5) is 5.69 Å². The van der Waals surface area contributed by atoms with Gasteiger partial charge in [0.05, 0.1) is 12.1 Å². The number of thiazole rings is 1.